The van der Waals surface area contributed by atoms with E-state index in [0.717, 1.165) is 6.42 Å². The Hall–Kier alpha value is -1.90. The van der Waals surface area contributed by atoms with Gasteiger partial charge < -0.3 is 4.43 Å². The SMILES string of the molecule is C=C1/C(=C\c2ccccc2)CC(C)O[Si]1(C)c1ccccc1. The Labute approximate surface area is 134 Å². The minimum absolute atomic E-state index is 0.234. The fourth-order valence-corrected chi connectivity index (χ4v) is 6.28. The van der Waals surface area contributed by atoms with E-state index in [1.165, 1.54) is 21.5 Å². The van der Waals surface area contributed by atoms with Crippen LogP contribution >= 0.6 is 0 Å². The third-order valence-corrected chi connectivity index (χ3v) is 8.15. The molecule has 0 amide bonds. The second kappa shape index (κ2) is 6.07. The fraction of sp³-hybridized carbons (Fsp3) is 0.200. The predicted molar refractivity (Wildman–Crippen MR) is 96.4 cm³/mol. The van der Waals surface area contributed by atoms with Crippen molar-refractivity contribution in [2.45, 2.75) is 26.0 Å². The van der Waals surface area contributed by atoms with Gasteiger partial charge in [0.2, 0.25) is 0 Å². The normalized spacial score (nSPS) is 27.1. The Bertz CT molecular complexity index is 690. The average molecular weight is 306 g/mol. The first-order chi connectivity index (χ1) is 10.6. The van der Waals surface area contributed by atoms with Crippen molar-refractivity contribution in [2.24, 2.45) is 0 Å². The van der Waals surface area contributed by atoms with Crippen LogP contribution in [0.25, 0.3) is 6.08 Å². The molecule has 1 fully saturated rings. The molecule has 112 valence electrons. The first kappa shape index (κ1) is 15.0. The van der Waals surface area contributed by atoms with Crippen LogP contribution in [0.2, 0.25) is 6.55 Å². The highest BCUT2D eigenvalue weighted by atomic mass is 28.4. The van der Waals surface area contributed by atoms with Crippen LogP contribution in [-0.2, 0) is 4.43 Å². The number of rotatable bonds is 2. The predicted octanol–water partition coefficient (Wildman–Crippen LogP) is 4.46. The second-order valence-corrected chi connectivity index (χ2v) is 9.57. The molecule has 0 saturated carbocycles. The summed E-state index contributed by atoms with van der Waals surface area (Å²) in [6, 6.07) is 21.1. The molecule has 1 aliphatic rings. The molecule has 0 radical (unpaired) electrons. The van der Waals surface area contributed by atoms with E-state index in [1.54, 1.807) is 0 Å². The summed E-state index contributed by atoms with van der Waals surface area (Å²) in [6.45, 7) is 8.85. The van der Waals surface area contributed by atoms with Gasteiger partial charge in [-0.15, -0.1) is 0 Å². The maximum absolute atomic E-state index is 6.44. The van der Waals surface area contributed by atoms with Gasteiger partial charge in [-0.25, -0.2) is 0 Å². The van der Waals surface area contributed by atoms with Crippen molar-refractivity contribution in [3.8, 4) is 0 Å². The lowest BCUT2D eigenvalue weighted by Crippen LogP contribution is -2.54. The van der Waals surface area contributed by atoms with Crippen LogP contribution < -0.4 is 5.19 Å². The Kier molecular flexibility index (Phi) is 4.14. The molecule has 0 spiro atoms. The van der Waals surface area contributed by atoms with Crippen LogP contribution in [-0.4, -0.2) is 14.4 Å². The van der Waals surface area contributed by atoms with Gasteiger partial charge in [-0.2, -0.15) is 0 Å². The van der Waals surface area contributed by atoms with Crippen LogP contribution in [0.4, 0.5) is 0 Å². The third-order valence-electron chi connectivity index (χ3n) is 4.37. The van der Waals surface area contributed by atoms with E-state index in [1.807, 2.05) is 6.07 Å². The van der Waals surface area contributed by atoms with E-state index < -0.39 is 8.32 Å². The summed E-state index contributed by atoms with van der Waals surface area (Å²) in [4.78, 5) is 0. The highest BCUT2D eigenvalue weighted by Crippen LogP contribution is 2.34. The van der Waals surface area contributed by atoms with Gasteiger partial charge in [-0.1, -0.05) is 73.3 Å². The molecule has 1 saturated heterocycles. The van der Waals surface area contributed by atoms with Gasteiger partial charge in [0.05, 0.1) is 0 Å². The van der Waals surface area contributed by atoms with Crippen molar-refractivity contribution < 1.29 is 4.43 Å². The topological polar surface area (TPSA) is 9.23 Å². The summed E-state index contributed by atoms with van der Waals surface area (Å²) >= 11 is 0. The number of benzene rings is 2. The molecule has 0 N–H and O–H groups in total. The zero-order chi connectivity index (χ0) is 15.6. The minimum Gasteiger partial charge on any atom is -0.405 e. The van der Waals surface area contributed by atoms with E-state index in [0.29, 0.717) is 0 Å². The number of hydrogen-bond acceptors (Lipinski definition) is 1. The fourth-order valence-electron chi connectivity index (χ4n) is 3.15. The molecule has 0 aliphatic carbocycles. The Morgan fingerprint density at radius 1 is 1.05 bits per heavy atom. The van der Waals surface area contributed by atoms with E-state index >= 15 is 0 Å². The minimum atomic E-state index is -2.16. The first-order valence-corrected chi connectivity index (χ1v) is 10.2. The molecule has 2 aromatic carbocycles. The summed E-state index contributed by atoms with van der Waals surface area (Å²) in [5, 5.41) is 2.49. The van der Waals surface area contributed by atoms with Crippen molar-refractivity contribution in [3.63, 3.8) is 0 Å². The molecule has 2 atom stereocenters. The first-order valence-electron chi connectivity index (χ1n) is 7.78. The van der Waals surface area contributed by atoms with E-state index in [4.69, 9.17) is 4.43 Å². The molecule has 2 unspecified atom stereocenters. The van der Waals surface area contributed by atoms with Gasteiger partial charge >= 0.3 is 0 Å². The molecule has 1 aliphatic heterocycles. The van der Waals surface area contributed by atoms with Crippen molar-refractivity contribution in [1.82, 2.24) is 0 Å². The van der Waals surface area contributed by atoms with Gasteiger partial charge in [-0.05, 0) is 41.4 Å². The molecular formula is C20H22OSi. The molecule has 2 heteroatoms. The van der Waals surface area contributed by atoms with Crippen molar-refractivity contribution in [3.05, 3.63) is 83.6 Å². The maximum atomic E-state index is 6.44. The highest BCUT2D eigenvalue weighted by Gasteiger charge is 2.41. The Morgan fingerprint density at radius 2 is 1.64 bits per heavy atom. The standard InChI is InChI=1S/C20H22OSi/c1-16-14-19(15-18-10-6-4-7-11-18)17(2)22(3,21-16)20-12-8-5-9-13-20/h4-13,15-16H,2,14H2,1,3H3/b19-15-. The van der Waals surface area contributed by atoms with Crippen LogP contribution in [0, 0.1) is 0 Å². The van der Waals surface area contributed by atoms with Crippen LogP contribution in [0.15, 0.2) is 78.0 Å². The van der Waals surface area contributed by atoms with E-state index in [-0.39, 0.29) is 6.10 Å². The molecule has 3 rings (SSSR count). The zero-order valence-corrected chi connectivity index (χ0v) is 14.3. The van der Waals surface area contributed by atoms with Crippen molar-refractivity contribution >= 4 is 19.6 Å². The zero-order valence-electron chi connectivity index (χ0n) is 13.3. The maximum Gasteiger partial charge on any atom is 0.252 e. The lowest BCUT2D eigenvalue weighted by atomic mass is 10.1. The summed E-state index contributed by atoms with van der Waals surface area (Å²) in [6.07, 6.45) is 3.44. The molecule has 1 nitrogen and oxygen atoms in total. The smallest absolute Gasteiger partial charge is 0.252 e. The van der Waals surface area contributed by atoms with Crippen LogP contribution in [0.5, 0.6) is 0 Å². The van der Waals surface area contributed by atoms with Crippen LogP contribution in [0.1, 0.15) is 18.9 Å². The lowest BCUT2D eigenvalue weighted by Gasteiger charge is -2.39. The monoisotopic (exact) mass is 306 g/mol. The molecule has 0 bridgehead atoms. The molecule has 0 aromatic heterocycles. The molecule has 1 heterocycles. The largest absolute Gasteiger partial charge is 0.405 e. The van der Waals surface area contributed by atoms with Gasteiger partial charge in [0.25, 0.3) is 8.32 Å². The van der Waals surface area contributed by atoms with Gasteiger partial charge in [-0.3, -0.25) is 0 Å². The summed E-state index contributed by atoms with van der Waals surface area (Å²) in [7, 11) is -2.16. The second-order valence-electron chi connectivity index (χ2n) is 6.09. The summed E-state index contributed by atoms with van der Waals surface area (Å²) in [5.74, 6) is 0. The number of allylic oxidation sites excluding steroid dienone is 1. The number of hydrogen-bond donors (Lipinski definition) is 0. The average Bonchev–Trinajstić information content (AvgIpc) is 2.54. The molecule has 2 aromatic rings. The lowest BCUT2D eigenvalue weighted by molar-refractivity contribution is 0.210. The van der Waals surface area contributed by atoms with Crippen molar-refractivity contribution in [2.75, 3.05) is 0 Å². The van der Waals surface area contributed by atoms with E-state index in [9.17, 15) is 0 Å². The van der Waals surface area contributed by atoms with E-state index in [2.05, 4.69) is 80.7 Å². The van der Waals surface area contributed by atoms with Crippen LogP contribution in [0.3, 0.4) is 0 Å². The Balaban J connectivity index is 2.01. The quantitative estimate of drug-likeness (QED) is 0.745. The van der Waals surface area contributed by atoms with Crippen molar-refractivity contribution in [1.29, 1.82) is 0 Å². The molecular weight excluding hydrogens is 284 g/mol. The summed E-state index contributed by atoms with van der Waals surface area (Å²) < 4.78 is 6.44. The Morgan fingerprint density at radius 3 is 2.27 bits per heavy atom. The molecule has 22 heavy (non-hydrogen) atoms. The third kappa shape index (κ3) is 2.85. The summed E-state index contributed by atoms with van der Waals surface area (Å²) in [5.41, 5.74) is 2.57. The van der Waals surface area contributed by atoms with Gasteiger partial charge in [0.1, 0.15) is 0 Å². The highest BCUT2D eigenvalue weighted by molar-refractivity contribution is 6.92. The van der Waals surface area contributed by atoms with Gasteiger partial charge in [0, 0.05) is 6.10 Å². The van der Waals surface area contributed by atoms with Gasteiger partial charge in [0.15, 0.2) is 0 Å².